The molecule has 2 rings (SSSR count). The van der Waals surface area contributed by atoms with Crippen molar-refractivity contribution >= 4 is 11.6 Å². The number of rotatable bonds is 6. The fourth-order valence-electron chi connectivity index (χ4n) is 2.41. The Morgan fingerprint density at radius 3 is 2.62 bits per heavy atom. The Morgan fingerprint density at radius 1 is 1.19 bits per heavy atom. The molecule has 0 aromatic heterocycles. The maximum Gasteiger partial charge on any atom is 0.141 e. The highest BCUT2D eigenvalue weighted by Crippen LogP contribution is 2.24. The molecular formula is C18H21ClFN. The van der Waals surface area contributed by atoms with E-state index in [-0.39, 0.29) is 16.9 Å². The third kappa shape index (κ3) is 4.29. The Balaban J connectivity index is 2.25. The van der Waals surface area contributed by atoms with E-state index in [0.717, 1.165) is 24.9 Å². The monoisotopic (exact) mass is 305 g/mol. The topological polar surface area (TPSA) is 12.0 Å². The van der Waals surface area contributed by atoms with Crippen molar-refractivity contribution in [2.45, 2.75) is 32.7 Å². The first-order valence-corrected chi connectivity index (χ1v) is 7.72. The van der Waals surface area contributed by atoms with Crippen LogP contribution in [0.5, 0.6) is 0 Å². The zero-order valence-corrected chi connectivity index (χ0v) is 13.3. The Bertz CT molecular complexity index is 598. The summed E-state index contributed by atoms with van der Waals surface area (Å²) in [5.74, 6) is -0.370. The van der Waals surface area contributed by atoms with Crippen LogP contribution >= 0.6 is 11.6 Å². The van der Waals surface area contributed by atoms with Gasteiger partial charge in [-0.3, -0.25) is 0 Å². The van der Waals surface area contributed by atoms with Gasteiger partial charge in [-0.2, -0.15) is 0 Å². The van der Waals surface area contributed by atoms with Crippen molar-refractivity contribution in [3.8, 4) is 0 Å². The first-order chi connectivity index (χ1) is 10.1. The van der Waals surface area contributed by atoms with E-state index in [1.165, 1.54) is 17.2 Å². The lowest BCUT2D eigenvalue weighted by molar-refractivity contribution is 0.527. The molecule has 1 N–H and O–H groups in total. The molecule has 2 aromatic carbocycles. The first-order valence-electron chi connectivity index (χ1n) is 7.34. The highest BCUT2D eigenvalue weighted by molar-refractivity contribution is 6.30. The molecule has 1 unspecified atom stereocenters. The summed E-state index contributed by atoms with van der Waals surface area (Å²) >= 11 is 5.92. The van der Waals surface area contributed by atoms with Crippen molar-refractivity contribution in [3.63, 3.8) is 0 Å². The third-order valence-corrected chi connectivity index (χ3v) is 3.96. The summed E-state index contributed by atoms with van der Waals surface area (Å²) in [6, 6.07) is 13.5. The van der Waals surface area contributed by atoms with Crippen LogP contribution < -0.4 is 5.32 Å². The molecule has 21 heavy (non-hydrogen) atoms. The van der Waals surface area contributed by atoms with E-state index in [2.05, 4.69) is 37.4 Å². The number of hydrogen-bond donors (Lipinski definition) is 1. The molecule has 0 aliphatic rings. The number of halogens is 2. The van der Waals surface area contributed by atoms with Gasteiger partial charge in [-0.25, -0.2) is 4.39 Å². The lowest BCUT2D eigenvalue weighted by Gasteiger charge is -2.20. The van der Waals surface area contributed by atoms with Gasteiger partial charge in [0.05, 0.1) is 5.02 Å². The standard InChI is InChI=1S/C18H21ClFN/c1-3-10-21-18(12-14-7-5-4-6-13(14)2)15-8-9-17(20)16(19)11-15/h4-9,11,18,21H,3,10,12H2,1-2H3. The molecule has 112 valence electrons. The third-order valence-electron chi connectivity index (χ3n) is 3.67. The molecule has 0 saturated carbocycles. The lowest BCUT2D eigenvalue weighted by atomic mass is 9.96. The molecule has 0 saturated heterocycles. The van der Waals surface area contributed by atoms with Crippen molar-refractivity contribution in [2.75, 3.05) is 6.54 Å². The van der Waals surface area contributed by atoms with E-state index >= 15 is 0 Å². The van der Waals surface area contributed by atoms with Gasteiger partial charge >= 0.3 is 0 Å². The molecule has 0 aliphatic heterocycles. The zero-order valence-electron chi connectivity index (χ0n) is 12.5. The minimum atomic E-state index is -0.370. The number of nitrogens with one attached hydrogen (secondary N) is 1. The van der Waals surface area contributed by atoms with Gasteiger partial charge in [0.25, 0.3) is 0 Å². The highest BCUT2D eigenvalue weighted by atomic mass is 35.5. The second kappa shape index (κ2) is 7.58. The summed E-state index contributed by atoms with van der Waals surface area (Å²) in [7, 11) is 0. The molecular weight excluding hydrogens is 285 g/mol. The Morgan fingerprint density at radius 2 is 1.95 bits per heavy atom. The minimum absolute atomic E-state index is 0.143. The lowest BCUT2D eigenvalue weighted by Crippen LogP contribution is -2.24. The van der Waals surface area contributed by atoms with Crippen LogP contribution in [0.2, 0.25) is 5.02 Å². The van der Waals surface area contributed by atoms with Crippen molar-refractivity contribution in [3.05, 3.63) is 70.0 Å². The van der Waals surface area contributed by atoms with E-state index in [1.54, 1.807) is 6.07 Å². The maximum absolute atomic E-state index is 13.4. The predicted molar refractivity (Wildman–Crippen MR) is 87.3 cm³/mol. The van der Waals surface area contributed by atoms with E-state index in [0.29, 0.717) is 0 Å². The fourth-order valence-corrected chi connectivity index (χ4v) is 2.60. The molecule has 0 fully saturated rings. The quantitative estimate of drug-likeness (QED) is 0.785. The van der Waals surface area contributed by atoms with E-state index < -0.39 is 0 Å². The van der Waals surface area contributed by atoms with Gasteiger partial charge in [-0.1, -0.05) is 48.9 Å². The smallest absolute Gasteiger partial charge is 0.141 e. The Kier molecular flexibility index (Phi) is 5.77. The summed E-state index contributed by atoms with van der Waals surface area (Å²) in [4.78, 5) is 0. The van der Waals surface area contributed by atoms with Gasteiger partial charge in [0.15, 0.2) is 0 Å². The van der Waals surface area contributed by atoms with E-state index in [1.807, 2.05) is 12.1 Å². The summed E-state index contributed by atoms with van der Waals surface area (Å²) in [5, 5.41) is 3.71. The van der Waals surface area contributed by atoms with E-state index in [9.17, 15) is 4.39 Å². The largest absolute Gasteiger partial charge is 0.310 e. The average Bonchev–Trinajstić information content (AvgIpc) is 2.48. The number of hydrogen-bond acceptors (Lipinski definition) is 1. The molecule has 1 atom stereocenters. The SMILES string of the molecule is CCCNC(Cc1ccccc1C)c1ccc(F)c(Cl)c1. The van der Waals surface area contributed by atoms with Crippen LogP contribution in [0.15, 0.2) is 42.5 Å². The van der Waals surface area contributed by atoms with E-state index in [4.69, 9.17) is 11.6 Å². The van der Waals surface area contributed by atoms with Crippen LogP contribution in [0.1, 0.15) is 36.1 Å². The highest BCUT2D eigenvalue weighted by Gasteiger charge is 2.14. The second-order valence-corrected chi connectivity index (χ2v) is 5.72. The summed E-state index contributed by atoms with van der Waals surface area (Å²) in [6.07, 6.45) is 1.92. The van der Waals surface area contributed by atoms with Gasteiger partial charge in [0.1, 0.15) is 5.82 Å². The molecule has 3 heteroatoms. The van der Waals surface area contributed by atoms with Gasteiger partial charge in [-0.15, -0.1) is 0 Å². The predicted octanol–water partition coefficient (Wildman–Crippen LogP) is 5.07. The Hall–Kier alpha value is -1.38. The summed E-state index contributed by atoms with van der Waals surface area (Å²) < 4.78 is 13.4. The molecule has 0 aliphatic carbocycles. The van der Waals surface area contributed by atoms with Crippen molar-refractivity contribution < 1.29 is 4.39 Å². The normalized spacial score (nSPS) is 12.4. The molecule has 0 amide bonds. The van der Waals surface area contributed by atoms with Crippen LogP contribution in [0.4, 0.5) is 4.39 Å². The van der Waals surface area contributed by atoms with Gasteiger partial charge in [0, 0.05) is 6.04 Å². The molecule has 2 aromatic rings. The average molecular weight is 306 g/mol. The molecule has 0 heterocycles. The molecule has 0 bridgehead atoms. The molecule has 0 spiro atoms. The van der Waals surface area contributed by atoms with Crippen LogP contribution in [-0.2, 0) is 6.42 Å². The molecule has 0 radical (unpaired) electrons. The van der Waals surface area contributed by atoms with Crippen molar-refractivity contribution in [1.29, 1.82) is 0 Å². The maximum atomic E-state index is 13.4. The van der Waals surface area contributed by atoms with Gasteiger partial charge < -0.3 is 5.32 Å². The van der Waals surface area contributed by atoms with Crippen LogP contribution in [0, 0.1) is 12.7 Å². The number of benzene rings is 2. The van der Waals surface area contributed by atoms with Crippen LogP contribution in [0.25, 0.3) is 0 Å². The number of aryl methyl sites for hydroxylation is 1. The van der Waals surface area contributed by atoms with Crippen molar-refractivity contribution in [1.82, 2.24) is 5.32 Å². The summed E-state index contributed by atoms with van der Waals surface area (Å²) in [6.45, 7) is 5.17. The van der Waals surface area contributed by atoms with Crippen molar-refractivity contribution in [2.24, 2.45) is 0 Å². The van der Waals surface area contributed by atoms with Crippen LogP contribution in [0.3, 0.4) is 0 Å². The Labute approximate surface area is 131 Å². The van der Waals surface area contributed by atoms with Crippen LogP contribution in [-0.4, -0.2) is 6.54 Å². The van der Waals surface area contributed by atoms with Gasteiger partial charge in [0.2, 0.25) is 0 Å². The van der Waals surface area contributed by atoms with Gasteiger partial charge in [-0.05, 0) is 55.1 Å². The second-order valence-electron chi connectivity index (χ2n) is 5.31. The first kappa shape index (κ1) is 16.0. The summed E-state index contributed by atoms with van der Waals surface area (Å²) in [5.41, 5.74) is 3.60. The minimum Gasteiger partial charge on any atom is -0.310 e. The zero-order chi connectivity index (χ0) is 15.2. The fraction of sp³-hybridized carbons (Fsp3) is 0.333. The molecule has 1 nitrogen and oxygen atoms in total.